The number of aryl methyl sites for hydroxylation is 1. The average Bonchev–Trinajstić information content (AvgIpc) is 2.55. The van der Waals surface area contributed by atoms with Crippen LogP contribution in [-0.2, 0) is 6.42 Å². The molecular weight excluding hydrogens is 258 g/mol. The summed E-state index contributed by atoms with van der Waals surface area (Å²) in [6, 6.07) is 8.67. The second-order valence-electron chi connectivity index (χ2n) is 7.06. The molecule has 2 heteroatoms. The van der Waals surface area contributed by atoms with Crippen molar-refractivity contribution >= 4 is 0 Å². The van der Waals surface area contributed by atoms with Gasteiger partial charge in [-0.3, -0.25) is 0 Å². The molecule has 2 nitrogen and oxygen atoms in total. The maximum absolute atomic E-state index is 5.92. The third-order valence-corrected chi connectivity index (χ3v) is 5.54. The fourth-order valence-electron chi connectivity index (χ4n) is 4.10. The molecule has 3 aliphatic rings. The second-order valence-corrected chi connectivity index (χ2v) is 7.06. The first-order chi connectivity index (χ1) is 10.3. The molecule has 4 rings (SSSR count). The molecule has 0 amide bonds. The van der Waals surface area contributed by atoms with E-state index in [2.05, 4.69) is 31.2 Å². The van der Waals surface area contributed by atoms with E-state index in [1.807, 2.05) is 0 Å². The Morgan fingerprint density at radius 2 is 1.71 bits per heavy atom. The van der Waals surface area contributed by atoms with Gasteiger partial charge in [0.1, 0.15) is 5.75 Å². The largest absolute Gasteiger partial charge is 0.493 e. The summed E-state index contributed by atoms with van der Waals surface area (Å²) in [6.07, 6.45) is 7.99. The van der Waals surface area contributed by atoms with Gasteiger partial charge in [-0.25, -0.2) is 0 Å². The van der Waals surface area contributed by atoms with Crippen molar-refractivity contribution in [2.45, 2.75) is 45.4 Å². The Kier molecular flexibility index (Phi) is 4.84. The summed E-state index contributed by atoms with van der Waals surface area (Å²) in [7, 11) is 0. The highest BCUT2D eigenvalue weighted by atomic mass is 16.5. The van der Waals surface area contributed by atoms with Gasteiger partial charge in [0.05, 0.1) is 32.8 Å². The molecule has 0 N–H and O–H groups in total. The van der Waals surface area contributed by atoms with Crippen LogP contribution in [0.5, 0.6) is 5.75 Å². The summed E-state index contributed by atoms with van der Waals surface area (Å²) in [4.78, 5) is 0. The highest BCUT2D eigenvalue weighted by Crippen LogP contribution is 2.33. The lowest BCUT2D eigenvalue weighted by Gasteiger charge is -2.49. The lowest BCUT2D eigenvalue weighted by Crippen LogP contribution is -2.58. The molecule has 3 fully saturated rings. The third-order valence-electron chi connectivity index (χ3n) is 5.54. The van der Waals surface area contributed by atoms with Gasteiger partial charge < -0.3 is 9.22 Å². The smallest absolute Gasteiger partial charge is 0.119 e. The van der Waals surface area contributed by atoms with Gasteiger partial charge in [-0.1, -0.05) is 25.5 Å². The molecule has 3 heterocycles. The Balaban J connectivity index is 1.39. The van der Waals surface area contributed by atoms with E-state index >= 15 is 0 Å². The number of quaternary nitrogens is 1. The van der Waals surface area contributed by atoms with Gasteiger partial charge in [0.2, 0.25) is 0 Å². The lowest BCUT2D eigenvalue weighted by atomic mass is 9.85. The average molecular weight is 288 g/mol. The second kappa shape index (κ2) is 6.83. The van der Waals surface area contributed by atoms with Crippen LogP contribution in [0.25, 0.3) is 0 Å². The summed E-state index contributed by atoms with van der Waals surface area (Å²) >= 11 is 0. The number of fused-ring (bicyclic) bond motifs is 3. The molecule has 1 aromatic rings. The summed E-state index contributed by atoms with van der Waals surface area (Å²) in [5, 5.41) is 0. The van der Waals surface area contributed by atoms with Crippen LogP contribution in [0.1, 0.15) is 44.6 Å². The van der Waals surface area contributed by atoms with E-state index in [4.69, 9.17) is 4.74 Å². The molecule has 0 unspecified atom stereocenters. The Hall–Kier alpha value is -1.02. The van der Waals surface area contributed by atoms with E-state index in [9.17, 15) is 0 Å². The molecule has 3 aliphatic heterocycles. The van der Waals surface area contributed by atoms with Crippen molar-refractivity contribution < 1.29 is 9.22 Å². The van der Waals surface area contributed by atoms with E-state index in [1.165, 1.54) is 74.8 Å². The molecule has 0 radical (unpaired) electrons. The molecular formula is C19H30NO+. The SMILES string of the molecule is CCCc1ccc(OCCC[N+]23CCC(CC2)CC3)cc1. The fraction of sp³-hybridized carbons (Fsp3) is 0.684. The molecule has 21 heavy (non-hydrogen) atoms. The summed E-state index contributed by atoms with van der Waals surface area (Å²) < 4.78 is 7.31. The molecule has 1 aromatic carbocycles. The first kappa shape index (κ1) is 14.9. The minimum atomic E-state index is 0.872. The highest BCUT2D eigenvalue weighted by molar-refractivity contribution is 5.27. The molecule has 2 bridgehead atoms. The zero-order valence-electron chi connectivity index (χ0n) is 13.5. The van der Waals surface area contributed by atoms with Crippen molar-refractivity contribution in [2.75, 3.05) is 32.8 Å². The quantitative estimate of drug-likeness (QED) is 0.543. The molecule has 3 saturated heterocycles. The van der Waals surface area contributed by atoms with Crippen molar-refractivity contribution in [3.8, 4) is 5.75 Å². The van der Waals surface area contributed by atoms with Crippen LogP contribution in [0.2, 0.25) is 0 Å². The number of rotatable bonds is 7. The van der Waals surface area contributed by atoms with Gasteiger partial charge in [0.25, 0.3) is 0 Å². The van der Waals surface area contributed by atoms with Crippen molar-refractivity contribution in [3.63, 3.8) is 0 Å². The minimum Gasteiger partial charge on any atom is -0.493 e. The van der Waals surface area contributed by atoms with Gasteiger partial charge in [-0.2, -0.15) is 0 Å². The molecule has 116 valence electrons. The number of nitrogens with zero attached hydrogens (tertiary/aromatic N) is 1. The molecule has 0 spiro atoms. The topological polar surface area (TPSA) is 9.23 Å². The van der Waals surface area contributed by atoms with Gasteiger partial charge in [-0.15, -0.1) is 0 Å². The van der Waals surface area contributed by atoms with E-state index in [1.54, 1.807) is 0 Å². The number of ether oxygens (including phenoxy) is 1. The standard InChI is InChI=1S/C19H30NO/c1-2-4-17-5-7-19(8-6-17)21-16-3-12-20-13-9-18(10-14-20)11-15-20/h5-8,18H,2-4,9-16H2,1H3/q+1. The summed E-state index contributed by atoms with van der Waals surface area (Å²) in [5.74, 6) is 2.09. The summed E-state index contributed by atoms with van der Waals surface area (Å²) in [5.41, 5.74) is 1.42. The fourth-order valence-corrected chi connectivity index (χ4v) is 4.10. The van der Waals surface area contributed by atoms with Gasteiger partial charge in [-0.05, 0) is 49.3 Å². The zero-order valence-corrected chi connectivity index (χ0v) is 13.5. The Bertz CT molecular complexity index is 418. The highest BCUT2D eigenvalue weighted by Gasteiger charge is 2.38. The van der Waals surface area contributed by atoms with Crippen LogP contribution in [0, 0.1) is 5.92 Å². The van der Waals surface area contributed by atoms with Crippen LogP contribution in [0.4, 0.5) is 0 Å². The van der Waals surface area contributed by atoms with E-state index in [0.29, 0.717) is 0 Å². The van der Waals surface area contributed by atoms with Gasteiger partial charge >= 0.3 is 0 Å². The Morgan fingerprint density at radius 1 is 1.05 bits per heavy atom. The Morgan fingerprint density at radius 3 is 2.33 bits per heavy atom. The molecule has 0 saturated carbocycles. The van der Waals surface area contributed by atoms with Crippen molar-refractivity contribution in [2.24, 2.45) is 5.92 Å². The number of hydrogen-bond donors (Lipinski definition) is 0. The van der Waals surface area contributed by atoms with E-state index < -0.39 is 0 Å². The predicted molar refractivity (Wildman–Crippen MR) is 87.6 cm³/mol. The monoisotopic (exact) mass is 288 g/mol. The van der Waals surface area contributed by atoms with Crippen molar-refractivity contribution in [1.29, 1.82) is 0 Å². The summed E-state index contributed by atoms with van der Waals surface area (Å²) in [6.45, 7) is 8.70. The maximum Gasteiger partial charge on any atom is 0.119 e. The van der Waals surface area contributed by atoms with E-state index in [0.717, 1.165) is 18.3 Å². The maximum atomic E-state index is 5.92. The third kappa shape index (κ3) is 3.79. The van der Waals surface area contributed by atoms with Crippen LogP contribution >= 0.6 is 0 Å². The van der Waals surface area contributed by atoms with Crippen molar-refractivity contribution in [3.05, 3.63) is 29.8 Å². The Labute approximate surface area is 129 Å². The predicted octanol–water partition coefficient (Wildman–Crippen LogP) is 4.04. The number of benzene rings is 1. The van der Waals surface area contributed by atoms with Crippen LogP contribution in [0.3, 0.4) is 0 Å². The molecule has 0 aliphatic carbocycles. The van der Waals surface area contributed by atoms with Crippen LogP contribution < -0.4 is 4.74 Å². The van der Waals surface area contributed by atoms with Gasteiger partial charge in [0.15, 0.2) is 0 Å². The lowest BCUT2D eigenvalue weighted by molar-refractivity contribution is -0.942. The van der Waals surface area contributed by atoms with E-state index in [-0.39, 0.29) is 0 Å². The number of hydrogen-bond acceptors (Lipinski definition) is 1. The van der Waals surface area contributed by atoms with Crippen molar-refractivity contribution in [1.82, 2.24) is 0 Å². The van der Waals surface area contributed by atoms with Crippen LogP contribution in [0.15, 0.2) is 24.3 Å². The zero-order chi connectivity index (χ0) is 14.5. The normalized spacial score (nSPS) is 27.8. The molecule has 0 atom stereocenters. The minimum absolute atomic E-state index is 0.872. The first-order valence-electron chi connectivity index (χ1n) is 8.86. The number of piperidine rings is 3. The first-order valence-corrected chi connectivity index (χ1v) is 8.86. The van der Waals surface area contributed by atoms with Gasteiger partial charge in [0, 0.05) is 6.42 Å². The molecule has 0 aromatic heterocycles. The van der Waals surface area contributed by atoms with Crippen LogP contribution in [-0.4, -0.2) is 37.3 Å².